The Balaban J connectivity index is 3.06. The van der Waals surface area contributed by atoms with Gasteiger partial charge < -0.3 is 5.32 Å². The molecule has 2 radical (unpaired) electrons. The lowest BCUT2D eigenvalue weighted by molar-refractivity contribution is -0.114. The van der Waals surface area contributed by atoms with Gasteiger partial charge >= 0.3 is 0 Å². The highest BCUT2D eigenvalue weighted by Gasteiger charge is 2.00. The van der Waals surface area contributed by atoms with E-state index in [1.54, 1.807) is 0 Å². The Bertz CT molecular complexity index is 324. The highest BCUT2D eigenvalue weighted by molar-refractivity contribution is 6.34. The van der Waals surface area contributed by atoms with Gasteiger partial charge in [-0.05, 0) is 26.0 Å². The van der Waals surface area contributed by atoms with Crippen LogP contribution in [0.3, 0.4) is 0 Å². The molecule has 66 valence electrons. The average Bonchev–Trinajstić information content (AvgIpc) is 1.98. The van der Waals surface area contributed by atoms with E-state index in [-0.39, 0.29) is 5.91 Å². The molecule has 1 rings (SSSR count). The van der Waals surface area contributed by atoms with E-state index in [1.165, 1.54) is 6.92 Å². The highest BCUT2D eigenvalue weighted by atomic mass is 16.1. The zero-order valence-corrected chi connectivity index (χ0v) is 8.14. The first kappa shape index (κ1) is 9.84. The van der Waals surface area contributed by atoms with Gasteiger partial charge in [-0.1, -0.05) is 16.6 Å². The van der Waals surface area contributed by atoms with Gasteiger partial charge in [-0.3, -0.25) is 4.79 Å². The predicted octanol–water partition coefficient (Wildman–Crippen LogP) is 1.06. The van der Waals surface area contributed by atoms with E-state index >= 15 is 0 Å². The Kier molecular flexibility index (Phi) is 2.76. The van der Waals surface area contributed by atoms with Gasteiger partial charge in [0.25, 0.3) is 0 Å². The number of nitrogens with one attached hydrogen (secondary N) is 1. The van der Waals surface area contributed by atoms with Crippen molar-refractivity contribution in [3.8, 4) is 0 Å². The van der Waals surface area contributed by atoms with Crippen LogP contribution < -0.4 is 10.8 Å². The minimum absolute atomic E-state index is 0.0661. The smallest absolute Gasteiger partial charge is 0.221 e. The zero-order chi connectivity index (χ0) is 10.0. The summed E-state index contributed by atoms with van der Waals surface area (Å²) in [6.07, 6.45) is 0. The quantitative estimate of drug-likeness (QED) is 0.632. The fraction of sp³-hybridized carbons (Fsp3) is 0.300. The first-order chi connectivity index (χ1) is 6.00. The molecule has 0 aromatic heterocycles. The average molecular weight is 173 g/mol. The number of anilines is 1. The third kappa shape index (κ3) is 2.34. The van der Waals surface area contributed by atoms with Crippen molar-refractivity contribution < 1.29 is 4.79 Å². The van der Waals surface area contributed by atoms with Crippen molar-refractivity contribution in [3.05, 3.63) is 23.3 Å². The van der Waals surface area contributed by atoms with Gasteiger partial charge in [-0.15, -0.1) is 0 Å². The Morgan fingerprint density at radius 1 is 1.31 bits per heavy atom. The monoisotopic (exact) mass is 173 g/mol. The van der Waals surface area contributed by atoms with Crippen molar-refractivity contribution in [1.82, 2.24) is 0 Å². The molecule has 0 unspecified atom stereocenters. The van der Waals surface area contributed by atoms with Crippen molar-refractivity contribution in [1.29, 1.82) is 0 Å². The number of hydrogen-bond acceptors (Lipinski definition) is 1. The van der Waals surface area contributed by atoms with Crippen LogP contribution >= 0.6 is 0 Å². The third-order valence-corrected chi connectivity index (χ3v) is 1.91. The molecule has 0 saturated carbocycles. The van der Waals surface area contributed by atoms with Crippen LogP contribution in [0.1, 0.15) is 18.1 Å². The maximum absolute atomic E-state index is 10.8. The summed E-state index contributed by atoms with van der Waals surface area (Å²) >= 11 is 0. The van der Waals surface area contributed by atoms with Gasteiger partial charge in [0.15, 0.2) is 0 Å². The number of carbonyl (C=O) groups excluding carboxylic acids is 1. The molecule has 0 spiro atoms. The number of hydrogen-bond donors (Lipinski definition) is 1. The van der Waals surface area contributed by atoms with E-state index in [4.69, 9.17) is 7.85 Å². The summed E-state index contributed by atoms with van der Waals surface area (Å²) < 4.78 is 0. The lowest BCUT2D eigenvalue weighted by atomic mass is 9.86. The molecule has 1 aromatic carbocycles. The summed E-state index contributed by atoms with van der Waals surface area (Å²) in [5.41, 5.74) is 3.57. The molecule has 2 nitrogen and oxygen atoms in total. The minimum Gasteiger partial charge on any atom is -0.326 e. The van der Waals surface area contributed by atoms with Crippen LogP contribution in [0.15, 0.2) is 12.1 Å². The molecule has 1 amide bonds. The van der Waals surface area contributed by atoms with E-state index in [0.29, 0.717) is 0 Å². The molecule has 0 aliphatic rings. The Morgan fingerprint density at radius 3 is 2.15 bits per heavy atom. The first-order valence-corrected chi connectivity index (χ1v) is 4.15. The second-order valence-electron chi connectivity index (χ2n) is 3.20. The maximum atomic E-state index is 10.8. The number of carbonyl (C=O) groups is 1. The van der Waals surface area contributed by atoms with Crippen molar-refractivity contribution in [2.24, 2.45) is 0 Å². The summed E-state index contributed by atoms with van der Waals surface area (Å²) in [6.45, 7) is 5.34. The molecule has 1 aromatic rings. The largest absolute Gasteiger partial charge is 0.326 e. The van der Waals surface area contributed by atoms with Gasteiger partial charge in [0.1, 0.15) is 7.85 Å². The zero-order valence-electron chi connectivity index (χ0n) is 8.14. The van der Waals surface area contributed by atoms with Gasteiger partial charge in [0.05, 0.1) is 0 Å². The van der Waals surface area contributed by atoms with E-state index in [0.717, 1.165) is 22.3 Å². The Morgan fingerprint density at radius 2 is 1.77 bits per heavy atom. The van der Waals surface area contributed by atoms with Crippen LogP contribution in [0, 0.1) is 13.8 Å². The molecule has 0 fully saturated rings. The summed E-state index contributed by atoms with van der Waals surface area (Å²) in [6, 6.07) is 3.73. The number of amides is 1. The van der Waals surface area contributed by atoms with Gasteiger partial charge in [0, 0.05) is 12.6 Å². The molecule has 0 atom stereocenters. The summed E-state index contributed by atoms with van der Waals surface area (Å²) in [5.74, 6) is -0.0661. The highest BCUT2D eigenvalue weighted by Crippen LogP contribution is 2.10. The number of aryl methyl sites for hydroxylation is 2. The normalized spacial score (nSPS) is 9.77. The van der Waals surface area contributed by atoms with Crippen LogP contribution in [0.25, 0.3) is 0 Å². The lowest BCUT2D eigenvalue weighted by Crippen LogP contribution is -2.14. The van der Waals surface area contributed by atoms with E-state index in [9.17, 15) is 4.79 Å². The van der Waals surface area contributed by atoms with Crippen LogP contribution in [0.2, 0.25) is 0 Å². The topological polar surface area (TPSA) is 29.1 Å². The molecule has 0 aliphatic carbocycles. The van der Waals surface area contributed by atoms with E-state index in [2.05, 4.69) is 5.32 Å². The molecule has 1 N–H and O–H groups in total. The Labute approximate surface area is 79.8 Å². The van der Waals surface area contributed by atoms with Crippen molar-refractivity contribution in [3.63, 3.8) is 0 Å². The molecule has 0 aliphatic heterocycles. The standard InChI is InChI=1S/C10H12BNO/c1-6-4-9(12-8(3)13)5-7(2)10(6)11/h4-5H,1-3H3,(H,12,13). The molecule has 0 bridgehead atoms. The van der Waals surface area contributed by atoms with Crippen molar-refractivity contribution in [2.75, 3.05) is 5.32 Å². The molecule has 0 saturated heterocycles. The van der Waals surface area contributed by atoms with Crippen LogP contribution in [0.4, 0.5) is 5.69 Å². The fourth-order valence-electron chi connectivity index (χ4n) is 1.25. The van der Waals surface area contributed by atoms with E-state index in [1.807, 2.05) is 26.0 Å². The first-order valence-electron chi connectivity index (χ1n) is 4.15. The SMILES string of the molecule is [B]c1c(C)cc(NC(C)=O)cc1C. The third-order valence-electron chi connectivity index (χ3n) is 1.91. The fourth-order valence-corrected chi connectivity index (χ4v) is 1.25. The van der Waals surface area contributed by atoms with Crippen LogP contribution in [0.5, 0.6) is 0 Å². The maximum Gasteiger partial charge on any atom is 0.221 e. The second-order valence-corrected chi connectivity index (χ2v) is 3.20. The summed E-state index contributed by atoms with van der Waals surface area (Å²) in [4.78, 5) is 10.8. The minimum atomic E-state index is -0.0661. The lowest BCUT2D eigenvalue weighted by Gasteiger charge is -2.09. The van der Waals surface area contributed by atoms with Crippen molar-refractivity contribution >= 4 is 24.9 Å². The second kappa shape index (κ2) is 3.65. The summed E-state index contributed by atoms with van der Waals surface area (Å²) in [5, 5.41) is 2.72. The van der Waals surface area contributed by atoms with Gasteiger partial charge in [-0.2, -0.15) is 0 Å². The molecular formula is C10H12BNO. The molecule has 3 heteroatoms. The van der Waals surface area contributed by atoms with Gasteiger partial charge in [0.2, 0.25) is 5.91 Å². The van der Waals surface area contributed by atoms with Crippen LogP contribution in [-0.4, -0.2) is 13.8 Å². The predicted molar refractivity (Wildman–Crippen MR) is 55.6 cm³/mol. The van der Waals surface area contributed by atoms with E-state index < -0.39 is 0 Å². The Hall–Kier alpha value is -1.25. The molecular weight excluding hydrogens is 161 g/mol. The molecule has 13 heavy (non-hydrogen) atoms. The number of benzene rings is 1. The summed E-state index contributed by atoms with van der Waals surface area (Å²) in [7, 11) is 5.77. The van der Waals surface area contributed by atoms with Crippen LogP contribution in [-0.2, 0) is 4.79 Å². The van der Waals surface area contributed by atoms with Gasteiger partial charge in [-0.25, -0.2) is 0 Å². The molecule has 0 heterocycles. The number of rotatable bonds is 1. The van der Waals surface area contributed by atoms with Crippen molar-refractivity contribution in [2.45, 2.75) is 20.8 Å².